The fraction of sp³-hybridized carbons (Fsp3) is 0.484. The Morgan fingerprint density at radius 3 is 2.66 bits per heavy atom. The van der Waals surface area contributed by atoms with Crippen LogP contribution < -0.4 is 15.4 Å². The average Bonchev–Trinajstić information content (AvgIpc) is 3.84. The molecule has 2 aliphatic rings. The summed E-state index contributed by atoms with van der Waals surface area (Å²) in [6.45, 7) is 3.38. The Balaban J connectivity index is 1.13. The summed E-state index contributed by atoms with van der Waals surface area (Å²) in [6.07, 6.45) is 11.3. The monoisotopic (exact) mass is 562 g/mol. The average molecular weight is 563 g/mol. The molecule has 3 N–H and O–H groups in total. The maximum Gasteiger partial charge on any atom is 0.326 e. The Morgan fingerprint density at radius 2 is 1.90 bits per heavy atom. The summed E-state index contributed by atoms with van der Waals surface area (Å²) in [4.78, 5) is 27.7. The number of carboxylic acids is 1. The SMILES string of the molecule is O=C(O)[C@H](CCN(CCCCc1ccc2c(n1)NCCC2)CCOc1ccc(F)cc1)Nc1ncc(C2CC2)cn1. The first-order valence-corrected chi connectivity index (χ1v) is 14.7. The second kappa shape index (κ2) is 14.2. The fourth-order valence-corrected chi connectivity index (χ4v) is 5.07. The van der Waals surface area contributed by atoms with Crippen LogP contribution in [0.4, 0.5) is 16.2 Å². The highest BCUT2D eigenvalue weighted by Gasteiger charge is 2.25. The molecule has 10 heteroatoms. The number of fused-ring (bicyclic) bond motifs is 1. The van der Waals surface area contributed by atoms with Gasteiger partial charge in [-0.05, 0) is 105 Å². The van der Waals surface area contributed by atoms with Gasteiger partial charge in [0.25, 0.3) is 0 Å². The summed E-state index contributed by atoms with van der Waals surface area (Å²) in [7, 11) is 0. The Bertz CT molecular complexity index is 1270. The fourth-order valence-electron chi connectivity index (χ4n) is 5.07. The lowest BCUT2D eigenvalue weighted by molar-refractivity contribution is -0.138. The molecule has 0 radical (unpaired) electrons. The Morgan fingerprint density at radius 1 is 1.10 bits per heavy atom. The number of nitrogens with zero attached hydrogens (tertiary/aromatic N) is 4. The summed E-state index contributed by atoms with van der Waals surface area (Å²) >= 11 is 0. The molecule has 1 aliphatic carbocycles. The number of rotatable bonds is 16. The van der Waals surface area contributed by atoms with Gasteiger partial charge in [-0.2, -0.15) is 0 Å². The van der Waals surface area contributed by atoms with E-state index in [4.69, 9.17) is 9.72 Å². The Hall–Kier alpha value is -3.79. The number of anilines is 2. The summed E-state index contributed by atoms with van der Waals surface area (Å²) in [6, 6.07) is 9.47. The van der Waals surface area contributed by atoms with Crippen molar-refractivity contribution in [2.24, 2.45) is 0 Å². The molecule has 0 saturated heterocycles. The van der Waals surface area contributed by atoms with Gasteiger partial charge >= 0.3 is 5.97 Å². The third-order valence-electron chi connectivity index (χ3n) is 7.65. The zero-order chi connectivity index (χ0) is 28.4. The summed E-state index contributed by atoms with van der Waals surface area (Å²) in [5.41, 5.74) is 3.49. The number of aliphatic carboxylic acids is 1. The first-order chi connectivity index (χ1) is 20.0. The topological polar surface area (TPSA) is 112 Å². The second-order valence-electron chi connectivity index (χ2n) is 10.9. The van der Waals surface area contributed by atoms with Crippen LogP contribution in [0.2, 0.25) is 0 Å². The van der Waals surface area contributed by atoms with Gasteiger partial charge in [-0.25, -0.2) is 24.1 Å². The number of halogens is 1. The first-order valence-electron chi connectivity index (χ1n) is 14.7. The highest BCUT2D eigenvalue weighted by molar-refractivity contribution is 5.76. The zero-order valence-corrected chi connectivity index (χ0v) is 23.4. The molecule has 218 valence electrons. The van der Waals surface area contributed by atoms with E-state index >= 15 is 0 Å². The van der Waals surface area contributed by atoms with Gasteiger partial charge in [0, 0.05) is 37.7 Å². The first kappa shape index (κ1) is 28.7. The number of hydrogen-bond donors (Lipinski definition) is 3. The number of benzene rings is 1. The quantitative estimate of drug-likeness (QED) is 0.210. The third-order valence-corrected chi connectivity index (χ3v) is 7.65. The van der Waals surface area contributed by atoms with E-state index in [0.717, 1.165) is 75.1 Å². The molecule has 3 aromatic rings. The van der Waals surface area contributed by atoms with Crippen molar-refractivity contribution in [2.45, 2.75) is 63.3 Å². The van der Waals surface area contributed by atoms with Crippen LogP contribution in [-0.2, 0) is 17.6 Å². The van der Waals surface area contributed by atoms with Gasteiger partial charge in [0.1, 0.15) is 30.0 Å². The standard InChI is InChI=1S/C31H39FN6O3/c32-25-9-12-27(13-10-25)41-19-18-38(16-2-1-5-26-11-8-23-4-3-15-33-29(23)36-26)17-14-28(30(39)40)37-31-34-20-24(21-35-31)22-6-7-22/h8-13,20-22,28H,1-7,14-19H2,(H,33,36)(H,39,40)(H,34,35,37)/t28-/m0/s1. The van der Waals surface area contributed by atoms with E-state index in [1.165, 1.54) is 17.7 Å². The molecule has 3 heterocycles. The van der Waals surface area contributed by atoms with Gasteiger partial charge in [0.05, 0.1) is 0 Å². The largest absolute Gasteiger partial charge is 0.492 e. The minimum atomic E-state index is -0.936. The minimum Gasteiger partial charge on any atom is -0.492 e. The van der Waals surface area contributed by atoms with Crippen LogP contribution in [0.5, 0.6) is 5.75 Å². The molecular weight excluding hydrogens is 523 g/mol. The number of aryl methyl sites for hydroxylation is 2. The van der Waals surface area contributed by atoms with E-state index in [-0.39, 0.29) is 5.82 Å². The van der Waals surface area contributed by atoms with Gasteiger partial charge in [-0.1, -0.05) is 6.07 Å². The van der Waals surface area contributed by atoms with Crippen molar-refractivity contribution in [1.29, 1.82) is 0 Å². The number of pyridine rings is 1. The summed E-state index contributed by atoms with van der Waals surface area (Å²) in [5, 5.41) is 16.3. The van der Waals surface area contributed by atoms with E-state index in [1.807, 2.05) is 0 Å². The maximum atomic E-state index is 13.2. The van der Waals surface area contributed by atoms with Crippen molar-refractivity contribution in [1.82, 2.24) is 19.9 Å². The highest BCUT2D eigenvalue weighted by atomic mass is 19.1. The maximum absolute atomic E-state index is 13.2. The third kappa shape index (κ3) is 8.85. The molecular formula is C31H39FN6O3. The number of carboxylic acid groups (broad SMARTS) is 1. The van der Waals surface area contributed by atoms with E-state index < -0.39 is 12.0 Å². The van der Waals surface area contributed by atoms with Crippen molar-refractivity contribution in [2.75, 3.05) is 43.4 Å². The van der Waals surface area contributed by atoms with E-state index in [1.54, 1.807) is 24.5 Å². The summed E-state index contributed by atoms with van der Waals surface area (Å²) < 4.78 is 19.1. The molecule has 1 aliphatic heterocycles. The van der Waals surface area contributed by atoms with E-state index in [2.05, 4.69) is 37.6 Å². The molecule has 1 fully saturated rings. The molecule has 0 amide bonds. The van der Waals surface area contributed by atoms with Crippen LogP contribution in [0.25, 0.3) is 0 Å². The van der Waals surface area contributed by atoms with Crippen LogP contribution in [0, 0.1) is 5.82 Å². The highest BCUT2D eigenvalue weighted by Crippen LogP contribution is 2.39. The Kier molecular flexibility index (Phi) is 9.96. The predicted molar refractivity (Wildman–Crippen MR) is 156 cm³/mol. The number of unbranched alkanes of at least 4 members (excludes halogenated alkanes) is 1. The van der Waals surface area contributed by atoms with Gasteiger partial charge in [0.15, 0.2) is 0 Å². The van der Waals surface area contributed by atoms with E-state index in [0.29, 0.717) is 43.7 Å². The van der Waals surface area contributed by atoms with Gasteiger partial charge < -0.3 is 20.5 Å². The molecule has 1 aromatic carbocycles. The van der Waals surface area contributed by atoms with Crippen LogP contribution >= 0.6 is 0 Å². The van der Waals surface area contributed by atoms with Crippen LogP contribution in [0.1, 0.15) is 61.3 Å². The number of aromatic nitrogens is 3. The van der Waals surface area contributed by atoms with Gasteiger partial charge in [-0.15, -0.1) is 0 Å². The molecule has 1 atom stereocenters. The van der Waals surface area contributed by atoms with Crippen LogP contribution in [-0.4, -0.2) is 69.8 Å². The molecule has 0 unspecified atom stereocenters. The normalized spacial score (nSPS) is 15.2. The van der Waals surface area contributed by atoms with Gasteiger partial charge in [-0.3, -0.25) is 4.90 Å². The number of ether oxygens (including phenoxy) is 1. The smallest absolute Gasteiger partial charge is 0.326 e. The molecule has 41 heavy (non-hydrogen) atoms. The second-order valence-corrected chi connectivity index (χ2v) is 10.9. The van der Waals surface area contributed by atoms with Crippen LogP contribution in [0.3, 0.4) is 0 Å². The van der Waals surface area contributed by atoms with Gasteiger partial charge in [0.2, 0.25) is 5.95 Å². The molecule has 9 nitrogen and oxygen atoms in total. The molecule has 1 saturated carbocycles. The predicted octanol–water partition coefficient (Wildman–Crippen LogP) is 4.91. The minimum absolute atomic E-state index is 0.304. The van der Waals surface area contributed by atoms with Crippen molar-refractivity contribution in [3.05, 3.63) is 71.4 Å². The Labute approximate surface area is 240 Å². The lowest BCUT2D eigenvalue weighted by Gasteiger charge is -2.24. The summed E-state index contributed by atoms with van der Waals surface area (Å²) in [5.74, 6) is 1.27. The molecule has 2 aromatic heterocycles. The zero-order valence-electron chi connectivity index (χ0n) is 23.4. The molecule has 0 bridgehead atoms. The molecule has 5 rings (SSSR count). The number of hydrogen-bond acceptors (Lipinski definition) is 8. The van der Waals surface area contributed by atoms with Crippen molar-refractivity contribution < 1.29 is 19.0 Å². The number of carbonyl (C=O) groups is 1. The van der Waals surface area contributed by atoms with Crippen LogP contribution in [0.15, 0.2) is 48.8 Å². The van der Waals surface area contributed by atoms with Crippen molar-refractivity contribution in [3.8, 4) is 5.75 Å². The molecule has 0 spiro atoms. The van der Waals surface area contributed by atoms with E-state index in [9.17, 15) is 14.3 Å². The van der Waals surface area contributed by atoms with Crippen molar-refractivity contribution in [3.63, 3.8) is 0 Å². The van der Waals surface area contributed by atoms with Crippen molar-refractivity contribution >= 4 is 17.7 Å². The lowest BCUT2D eigenvalue weighted by Crippen LogP contribution is -2.37. The lowest BCUT2D eigenvalue weighted by atomic mass is 10.1. The number of nitrogens with one attached hydrogen (secondary N) is 2.